The highest BCUT2D eigenvalue weighted by molar-refractivity contribution is 5.94. The predicted molar refractivity (Wildman–Crippen MR) is 58.6 cm³/mol. The molecule has 0 aliphatic rings. The molecule has 1 aromatic carbocycles. The standard InChI is InChI=1S/C12H11F3N2O/c13-12(14,15)10-5-3-4-9(8-10)11(18)17-7-2-1-6-16/h3-5,8H,1-2,7H2,(H,17,18). The van der Waals surface area contributed by atoms with Crippen molar-refractivity contribution in [2.75, 3.05) is 6.54 Å². The lowest BCUT2D eigenvalue weighted by Crippen LogP contribution is -2.24. The molecule has 1 rings (SSSR count). The van der Waals surface area contributed by atoms with Crippen LogP contribution in [0.4, 0.5) is 13.2 Å². The first-order valence-electron chi connectivity index (χ1n) is 5.27. The van der Waals surface area contributed by atoms with Gasteiger partial charge in [0.15, 0.2) is 0 Å². The first-order valence-corrected chi connectivity index (χ1v) is 5.27. The highest BCUT2D eigenvalue weighted by atomic mass is 19.4. The van der Waals surface area contributed by atoms with Crippen LogP contribution in [0.15, 0.2) is 24.3 Å². The van der Waals surface area contributed by atoms with Crippen molar-refractivity contribution in [1.82, 2.24) is 5.32 Å². The zero-order chi connectivity index (χ0) is 13.6. The molecule has 0 unspecified atom stereocenters. The lowest BCUT2D eigenvalue weighted by atomic mass is 10.1. The topological polar surface area (TPSA) is 52.9 Å². The van der Waals surface area contributed by atoms with E-state index >= 15 is 0 Å². The molecule has 1 aromatic rings. The third-order valence-electron chi connectivity index (χ3n) is 2.20. The summed E-state index contributed by atoms with van der Waals surface area (Å²) in [6.07, 6.45) is -3.69. The first-order chi connectivity index (χ1) is 8.45. The largest absolute Gasteiger partial charge is 0.416 e. The maximum absolute atomic E-state index is 12.4. The molecule has 0 spiro atoms. The summed E-state index contributed by atoms with van der Waals surface area (Å²) in [4.78, 5) is 11.5. The second kappa shape index (κ2) is 6.05. The third-order valence-corrected chi connectivity index (χ3v) is 2.20. The Kier molecular flexibility index (Phi) is 4.72. The molecule has 0 aromatic heterocycles. The molecule has 96 valence electrons. The number of unbranched alkanes of at least 4 members (excludes halogenated alkanes) is 1. The van der Waals surface area contributed by atoms with Gasteiger partial charge in [-0.2, -0.15) is 18.4 Å². The molecule has 0 heterocycles. The van der Waals surface area contributed by atoms with Crippen molar-refractivity contribution >= 4 is 5.91 Å². The monoisotopic (exact) mass is 256 g/mol. The van der Waals surface area contributed by atoms with Gasteiger partial charge in [0.1, 0.15) is 0 Å². The van der Waals surface area contributed by atoms with E-state index in [-0.39, 0.29) is 12.1 Å². The van der Waals surface area contributed by atoms with Crippen LogP contribution in [0.25, 0.3) is 0 Å². The Bertz CT molecular complexity index is 463. The lowest BCUT2D eigenvalue weighted by molar-refractivity contribution is -0.137. The number of nitrogens with zero attached hydrogens (tertiary/aromatic N) is 1. The van der Waals surface area contributed by atoms with E-state index in [0.29, 0.717) is 12.8 Å². The summed E-state index contributed by atoms with van der Waals surface area (Å²) >= 11 is 0. The van der Waals surface area contributed by atoms with Gasteiger partial charge < -0.3 is 5.32 Å². The number of halogens is 3. The maximum atomic E-state index is 12.4. The van der Waals surface area contributed by atoms with E-state index in [1.807, 2.05) is 6.07 Å². The molecule has 18 heavy (non-hydrogen) atoms. The molecule has 0 radical (unpaired) electrons. The molecule has 0 aliphatic carbocycles. The van der Waals surface area contributed by atoms with Gasteiger partial charge in [-0.25, -0.2) is 0 Å². The van der Waals surface area contributed by atoms with Crippen LogP contribution in [0, 0.1) is 11.3 Å². The number of carbonyl (C=O) groups is 1. The Balaban J connectivity index is 2.67. The molecular weight excluding hydrogens is 245 g/mol. The first kappa shape index (κ1) is 14.0. The van der Waals surface area contributed by atoms with Gasteiger partial charge in [-0.15, -0.1) is 0 Å². The van der Waals surface area contributed by atoms with Gasteiger partial charge in [-0.05, 0) is 24.6 Å². The van der Waals surface area contributed by atoms with Crippen LogP contribution in [0.2, 0.25) is 0 Å². The van der Waals surface area contributed by atoms with Crippen molar-refractivity contribution in [1.29, 1.82) is 5.26 Å². The molecule has 0 saturated carbocycles. The molecule has 0 fully saturated rings. The summed E-state index contributed by atoms with van der Waals surface area (Å²) in [5.74, 6) is -0.570. The molecule has 1 amide bonds. The summed E-state index contributed by atoms with van der Waals surface area (Å²) < 4.78 is 37.2. The van der Waals surface area contributed by atoms with E-state index in [4.69, 9.17) is 5.26 Å². The summed E-state index contributed by atoms with van der Waals surface area (Å²) in [5.41, 5.74) is -0.894. The molecule has 3 nitrogen and oxygen atoms in total. The molecule has 6 heteroatoms. The van der Waals surface area contributed by atoms with Gasteiger partial charge in [-0.3, -0.25) is 4.79 Å². The van der Waals surface area contributed by atoms with E-state index in [2.05, 4.69) is 5.32 Å². The van der Waals surface area contributed by atoms with E-state index in [1.165, 1.54) is 12.1 Å². The summed E-state index contributed by atoms with van der Waals surface area (Å²) in [5, 5.41) is 10.7. The van der Waals surface area contributed by atoms with Crippen LogP contribution in [-0.4, -0.2) is 12.5 Å². The smallest absolute Gasteiger partial charge is 0.352 e. The van der Waals surface area contributed by atoms with Crippen LogP contribution >= 0.6 is 0 Å². The van der Waals surface area contributed by atoms with Crippen molar-refractivity contribution in [3.05, 3.63) is 35.4 Å². The SMILES string of the molecule is N#CCCCNC(=O)c1cccc(C(F)(F)F)c1. The number of amides is 1. The Morgan fingerprint density at radius 3 is 2.72 bits per heavy atom. The van der Waals surface area contributed by atoms with Gasteiger partial charge in [0.05, 0.1) is 11.6 Å². The van der Waals surface area contributed by atoms with Crippen LogP contribution in [-0.2, 0) is 6.18 Å². The van der Waals surface area contributed by atoms with E-state index in [0.717, 1.165) is 12.1 Å². The fourth-order valence-electron chi connectivity index (χ4n) is 1.31. The maximum Gasteiger partial charge on any atom is 0.416 e. The number of alkyl halides is 3. The minimum atomic E-state index is -4.46. The third kappa shape index (κ3) is 4.09. The van der Waals surface area contributed by atoms with E-state index in [1.54, 1.807) is 0 Å². The zero-order valence-electron chi connectivity index (χ0n) is 9.42. The number of rotatable bonds is 4. The molecule has 0 atom stereocenters. The van der Waals surface area contributed by atoms with Gasteiger partial charge in [0, 0.05) is 18.5 Å². The van der Waals surface area contributed by atoms with E-state index < -0.39 is 17.6 Å². The summed E-state index contributed by atoms with van der Waals surface area (Å²) in [6, 6.07) is 6.13. The Labute approximate surface area is 102 Å². The number of hydrogen-bond donors (Lipinski definition) is 1. The van der Waals surface area contributed by atoms with Gasteiger partial charge in [0.2, 0.25) is 0 Å². The second-order valence-corrected chi connectivity index (χ2v) is 3.60. The van der Waals surface area contributed by atoms with Crippen molar-refractivity contribution in [3.63, 3.8) is 0 Å². The molecule has 1 N–H and O–H groups in total. The number of benzene rings is 1. The fourth-order valence-corrected chi connectivity index (χ4v) is 1.31. The summed E-state index contributed by atoms with van der Waals surface area (Å²) in [6.45, 7) is 0.267. The zero-order valence-corrected chi connectivity index (χ0v) is 9.42. The number of nitriles is 1. The highest BCUT2D eigenvalue weighted by Crippen LogP contribution is 2.29. The average molecular weight is 256 g/mol. The Hall–Kier alpha value is -2.03. The quantitative estimate of drug-likeness (QED) is 0.842. The normalized spacial score (nSPS) is 10.8. The predicted octanol–water partition coefficient (Wildman–Crippen LogP) is 2.74. The van der Waals surface area contributed by atoms with Crippen molar-refractivity contribution < 1.29 is 18.0 Å². The van der Waals surface area contributed by atoms with Crippen molar-refractivity contribution in [2.45, 2.75) is 19.0 Å². The van der Waals surface area contributed by atoms with Crippen LogP contribution in [0.1, 0.15) is 28.8 Å². The number of carbonyl (C=O) groups excluding carboxylic acids is 1. The van der Waals surface area contributed by atoms with E-state index in [9.17, 15) is 18.0 Å². The minimum absolute atomic E-state index is 0.0400. The Morgan fingerprint density at radius 1 is 1.39 bits per heavy atom. The van der Waals surface area contributed by atoms with Crippen molar-refractivity contribution in [3.8, 4) is 6.07 Å². The van der Waals surface area contributed by atoms with Crippen molar-refractivity contribution in [2.24, 2.45) is 0 Å². The van der Waals surface area contributed by atoms with Crippen LogP contribution in [0.5, 0.6) is 0 Å². The number of hydrogen-bond acceptors (Lipinski definition) is 2. The van der Waals surface area contributed by atoms with Crippen LogP contribution in [0.3, 0.4) is 0 Å². The molecular formula is C12H11F3N2O. The minimum Gasteiger partial charge on any atom is -0.352 e. The van der Waals surface area contributed by atoms with Gasteiger partial charge >= 0.3 is 6.18 Å². The highest BCUT2D eigenvalue weighted by Gasteiger charge is 2.30. The Morgan fingerprint density at radius 2 is 2.11 bits per heavy atom. The molecule has 0 aliphatic heterocycles. The van der Waals surface area contributed by atoms with Crippen LogP contribution < -0.4 is 5.32 Å². The summed E-state index contributed by atoms with van der Waals surface area (Å²) in [7, 11) is 0. The number of nitrogens with one attached hydrogen (secondary N) is 1. The lowest BCUT2D eigenvalue weighted by Gasteiger charge is -2.08. The second-order valence-electron chi connectivity index (χ2n) is 3.60. The molecule has 0 bridgehead atoms. The van der Waals surface area contributed by atoms with Gasteiger partial charge in [0.25, 0.3) is 5.91 Å². The fraction of sp³-hybridized carbons (Fsp3) is 0.333. The molecule has 0 saturated heterocycles. The average Bonchev–Trinajstić information content (AvgIpc) is 2.33. The van der Waals surface area contributed by atoms with Gasteiger partial charge in [-0.1, -0.05) is 6.07 Å².